The monoisotopic (exact) mass is 264 g/mol. The van der Waals surface area contributed by atoms with E-state index in [0.29, 0.717) is 13.2 Å². The molecule has 0 fully saturated rings. The third-order valence-corrected chi connectivity index (χ3v) is 4.04. The Morgan fingerprint density at radius 1 is 1.16 bits per heavy atom. The van der Waals surface area contributed by atoms with Crippen LogP contribution in [0.4, 0.5) is 0 Å². The number of hydrogen-bond acceptors (Lipinski definition) is 4. The first-order chi connectivity index (χ1) is 8.93. The molecule has 1 aliphatic heterocycles. The predicted octanol–water partition coefficient (Wildman–Crippen LogP) is 2.19. The highest BCUT2D eigenvalue weighted by Gasteiger charge is 2.30. The number of nitrogens with two attached hydrogens (primary N) is 1. The summed E-state index contributed by atoms with van der Waals surface area (Å²) >= 11 is 0. The topological polar surface area (TPSA) is 47.7 Å². The van der Waals surface area contributed by atoms with Gasteiger partial charge in [0.2, 0.25) is 0 Å². The van der Waals surface area contributed by atoms with Crippen LogP contribution in [0.15, 0.2) is 18.2 Å². The van der Waals surface area contributed by atoms with E-state index in [2.05, 4.69) is 18.7 Å². The molecule has 4 heteroatoms. The standard InChI is InChI=1S/C15H24N2O2/c1-15(2,17(3)4)14(16)11-6-7-12-13(10-11)19-9-5-8-18-12/h6-7,10,14H,5,8-9,16H2,1-4H3. The molecule has 1 aliphatic rings. The van der Waals surface area contributed by atoms with E-state index in [1.54, 1.807) is 0 Å². The molecule has 0 amide bonds. The van der Waals surface area contributed by atoms with Crippen LogP contribution in [-0.4, -0.2) is 37.7 Å². The van der Waals surface area contributed by atoms with Gasteiger partial charge in [0.1, 0.15) is 0 Å². The normalized spacial score (nSPS) is 17.2. The van der Waals surface area contributed by atoms with E-state index in [0.717, 1.165) is 23.5 Å². The Morgan fingerprint density at radius 3 is 2.42 bits per heavy atom. The largest absolute Gasteiger partial charge is 0.490 e. The minimum absolute atomic E-state index is 0.0837. The number of hydrogen-bond donors (Lipinski definition) is 1. The van der Waals surface area contributed by atoms with Gasteiger partial charge in [-0.15, -0.1) is 0 Å². The molecule has 2 N–H and O–H groups in total. The van der Waals surface area contributed by atoms with E-state index in [-0.39, 0.29) is 11.6 Å². The van der Waals surface area contributed by atoms with Crippen LogP contribution in [0.1, 0.15) is 31.9 Å². The zero-order valence-corrected chi connectivity index (χ0v) is 12.3. The number of rotatable bonds is 3. The van der Waals surface area contributed by atoms with Crippen molar-refractivity contribution < 1.29 is 9.47 Å². The van der Waals surface area contributed by atoms with E-state index < -0.39 is 0 Å². The van der Waals surface area contributed by atoms with Crippen LogP contribution in [0.25, 0.3) is 0 Å². The molecule has 1 atom stereocenters. The smallest absolute Gasteiger partial charge is 0.161 e. The lowest BCUT2D eigenvalue weighted by Gasteiger charge is -2.38. The Morgan fingerprint density at radius 2 is 1.79 bits per heavy atom. The van der Waals surface area contributed by atoms with Crippen molar-refractivity contribution in [2.24, 2.45) is 5.73 Å². The second kappa shape index (κ2) is 5.39. The molecule has 2 rings (SSSR count). The lowest BCUT2D eigenvalue weighted by molar-refractivity contribution is 0.158. The molecular formula is C15H24N2O2. The summed E-state index contributed by atoms with van der Waals surface area (Å²) in [6, 6.07) is 5.92. The summed E-state index contributed by atoms with van der Waals surface area (Å²) in [5.74, 6) is 1.62. The van der Waals surface area contributed by atoms with Crippen molar-refractivity contribution in [1.29, 1.82) is 0 Å². The van der Waals surface area contributed by atoms with Crippen LogP contribution in [0.3, 0.4) is 0 Å². The maximum atomic E-state index is 6.41. The zero-order chi connectivity index (χ0) is 14.0. The molecule has 1 heterocycles. The maximum absolute atomic E-state index is 6.41. The van der Waals surface area contributed by atoms with E-state index in [1.165, 1.54) is 0 Å². The quantitative estimate of drug-likeness (QED) is 0.909. The molecule has 0 spiro atoms. The third-order valence-electron chi connectivity index (χ3n) is 4.04. The fourth-order valence-electron chi connectivity index (χ4n) is 2.06. The van der Waals surface area contributed by atoms with Gasteiger partial charge >= 0.3 is 0 Å². The van der Waals surface area contributed by atoms with Gasteiger partial charge < -0.3 is 20.1 Å². The molecule has 0 saturated heterocycles. The van der Waals surface area contributed by atoms with Gasteiger partial charge in [0, 0.05) is 18.0 Å². The van der Waals surface area contributed by atoms with Crippen molar-refractivity contribution in [2.75, 3.05) is 27.3 Å². The molecular weight excluding hydrogens is 240 g/mol. The first-order valence-corrected chi connectivity index (χ1v) is 6.75. The van der Waals surface area contributed by atoms with E-state index in [1.807, 2.05) is 32.3 Å². The zero-order valence-electron chi connectivity index (χ0n) is 12.3. The lowest BCUT2D eigenvalue weighted by Crippen LogP contribution is -2.47. The Hall–Kier alpha value is -1.26. The lowest BCUT2D eigenvalue weighted by atomic mass is 9.88. The molecule has 1 aromatic carbocycles. The van der Waals surface area contributed by atoms with Crippen LogP contribution in [0, 0.1) is 0 Å². The average molecular weight is 264 g/mol. The summed E-state index contributed by atoms with van der Waals surface area (Å²) in [5, 5.41) is 0. The van der Waals surface area contributed by atoms with Crippen molar-refractivity contribution in [2.45, 2.75) is 31.8 Å². The molecule has 0 radical (unpaired) electrons. The summed E-state index contributed by atoms with van der Waals surface area (Å²) in [6.45, 7) is 5.69. The van der Waals surface area contributed by atoms with Crippen LogP contribution >= 0.6 is 0 Å². The Labute approximate surface area is 115 Å². The van der Waals surface area contributed by atoms with Crippen molar-refractivity contribution >= 4 is 0 Å². The first-order valence-electron chi connectivity index (χ1n) is 6.75. The van der Waals surface area contributed by atoms with Crippen LogP contribution in [0.5, 0.6) is 11.5 Å². The van der Waals surface area contributed by atoms with Crippen molar-refractivity contribution in [3.63, 3.8) is 0 Å². The second-order valence-electron chi connectivity index (χ2n) is 5.78. The van der Waals surface area contributed by atoms with Gasteiger partial charge in [0.25, 0.3) is 0 Å². The molecule has 0 aliphatic carbocycles. The highest BCUT2D eigenvalue weighted by Crippen LogP contribution is 2.35. The molecule has 0 saturated carbocycles. The summed E-state index contributed by atoms with van der Waals surface area (Å²) in [7, 11) is 4.09. The van der Waals surface area contributed by atoms with Gasteiger partial charge in [0.05, 0.1) is 13.2 Å². The highest BCUT2D eigenvalue weighted by molar-refractivity contribution is 5.44. The first kappa shape index (κ1) is 14.2. The van der Waals surface area contributed by atoms with Gasteiger partial charge in [0.15, 0.2) is 11.5 Å². The highest BCUT2D eigenvalue weighted by atomic mass is 16.5. The van der Waals surface area contributed by atoms with Gasteiger partial charge in [-0.05, 0) is 45.6 Å². The Kier molecular flexibility index (Phi) is 4.02. The van der Waals surface area contributed by atoms with Crippen molar-refractivity contribution in [3.05, 3.63) is 23.8 Å². The summed E-state index contributed by atoms with van der Waals surface area (Å²) in [6.07, 6.45) is 0.916. The van der Waals surface area contributed by atoms with Crippen molar-refractivity contribution in [1.82, 2.24) is 4.90 Å². The van der Waals surface area contributed by atoms with Crippen LogP contribution in [-0.2, 0) is 0 Å². The average Bonchev–Trinajstić information content (AvgIpc) is 2.61. The van der Waals surface area contributed by atoms with Gasteiger partial charge in [-0.3, -0.25) is 0 Å². The van der Waals surface area contributed by atoms with Crippen LogP contribution in [0.2, 0.25) is 0 Å². The molecule has 106 valence electrons. The maximum Gasteiger partial charge on any atom is 0.161 e. The Balaban J connectivity index is 2.29. The number of benzene rings is 1. The minimum atomic E-state index is -0.125. The molecule has 4 nitrogen and oxygen atoms in total. The summed E-state index contributed by atoms with van der Waals surface area (Å²) < 4.78 is 11.4. The van der Waals surface area contributed by atoms with Gasteiger partial charge in [-0.2, -0.15) is 0 Å². The van der Waals surface area contributed by atoms with Gasteiger partial charge in [-0.25, -0.2) is 0 Å². The molecule has 1 unspecified atom stereocenters. The molecule has 0 aromatic heterocycles. The van der Waals surface area contributed by atoms with Gasteiger partial charge in [-0.1, -0.05) is 6.07 Å². The molecule has 0 bridgehead atoms. The SMILES string of the molecule is CN(C)C(C)(C)C(N)c1ccc2c(c1)OCCCO2. The third kappa shape index (κ3) is 2.85. The minimum Gasteiger partial charge on any atom is -0.490 e. The molecule has 19 heavy (non-hydrogen) atoms. The molecule has 1 aromatic rings. The van der Waals surface area contributed by atoms with E-state index >= 15 is 0 Å². The van der Waals surface area contributed by atoms with E-state index in [4.69, 9.17) is 15.2 Å². The second-order valence-corrected chi connectivity index (χ2v) is 5.78. The van der Waals surface area contributed by atoms with E-state index in [9.17, 15) is 0 Å². The summed E-state index contributed by atoms with van der Waals surface area (Å²) in [4.78, 5) is 2.14. The van der Waals surface area contributed by atoms with Crippen molar-refractivity contribution in [3.8, 4) is 11.5 Å². The predicted molar refractivity (Wildman–Crippen MR) is 76.7 cm³/mol. The number of nitrogens with zero attached hydrogens (tertiary/aromatic N) is 1. The summed E-state index contributed by atoms with van der Waals surface area (Å²) in [5.41, 5.74) is 7.35. The fraction of sp³-hybridized carbons (Fsp3) is 0.600. The fourth-order valence-corrected chi connectivity index (χ4v) is 2.06. The Bertz CT molecular complexity index is 444. The van der Waals surface area contributed by atoms with Crippen LogP contribution < -0.4 is 15.2 Å². The number of ether oxygens (including phenoxy) is 2. The number of likely N-dealkylation sites (N-methyl/N-ethyl adjacent to an activating group) is 1. The number of fused-ring (bicyclic) bond motifs is 1.